The SMILES string of the molecule is CCOC(C(=O)N1CCCC(NC)C1)c1ccccc1. The minimum absolute atomic E-state index is 0.0815. The van der Waals surface area contributed by atoms with Gasteiger partial charge in [0.15, 0.2) is 6.10 Å². The van der Waals surface area contributed by atoms with E-state index in [4.69, 9.17) is 4.74 Å². The van der Waals surface area contributed by atoms with Crippen LogP contribution in [0.3, 0.4) is 0 Å². The van der Waals surface area contributed by atoms with Crippen LogP contribution in [0.2, 0.25) is 0 Å². The van der Waals surface area contributed by atoms with Gasteiger partial charge in [-0.15, -0.1) is 0 Å². The van der Waals surface area contributed by atoms with E-state index in [1.807, 2.05) is 49.2 Å². The number of carbonyl (C=O) groups is 1. The summed E-state index contributed by atoms with van der Waals surface area (Å²) >= 11 is 0. The lowest BCUT2D eigenvalue weighted by atomic mass is 10.0. The fourth-order valence-electron chi connectivity index (χ4n) is 2.68. The Morgan fingerprint density at radius 2 is 2.20 bits per heavy atom. The molecular weight excluding hydrogens is 252 g/mol. The zero-order valence-electron chi connectivity index (χ0n) is 12.3. The van der Waals surface area contributed by atoms with E-state index in [0.717, 1.165) is 31.5 Å². The van der Waals surface area contributed by atoms with Crippen molar-refractivity contribution in [3.63, 3.8) is 0 Å². The standard InChI is InChI=1S/C16H24N2O2/c1-3-20-15(13-8-5-4-6-9-13)16(19)18-11-7-10-14(12-18)17-2/h4-6,8-9,14-15,17H,3,7,10-12H2,1-2H3. The molecule has 2 rings (SSSR count). The second-order valence-corrected chi connectivity index (χ2v) is 5.16. The van der Waals surface area contributed by atoms with Crippen LogP contribution in [0.5, 0.6) is 0 Å². The Morgan fingerprint density at radius 3 is 2.85 bits per heavy atom. The van der Waals surface area contributed by atoms with E-state index in [1.54, 1.807) is 0 Å². The third-order valence-corrected chi connectivity index (χ3v) is 3.80. The summed E-state index contributed by atoms with van der Waals surface area (Å²) in [5.74, 6) is 0.0815. The van der Waals surface area contributed by atoms with E-state index in [2.05, 4.69) is 5.32 Å². The number of hydrogen-bond acceptors (Lipinski definition) is 3. The number of piperidine rings is 1. The van der Waals surface area contributed by atoms with Crippen LogP contribution in [-0.4, -0.2) is 43.6 Å². The van der Waals surface area contributed by atoms with Crippen molar-refractivity contribution in [2.45, 2.75) is 31.9 Å². The van der Waals surface area contributed by atoms with Gasteiger partial charge in [0, 0.05) is 25.7 Å². The zero-order chi connectivity index (χ0) is 14.4. The van der Waals surface area contributed by atoms with Crippen molar-refractivity contribution in [1.29, 1.82) is 0 Å². The normalized spacial score (nSPS) is 20.7. The maximum Gasteiger partial charge on any atom is 0.256 e. The molecule has 0 aliphatic carbocycles. The first-order valence-corrected chi connectivity index (χ1v) is 7.38. The molecule has 2 atom stereocenters. The van der Waals surface area contributed by atoms with Crippen LogP contribution in [0.1, 0.15) is 31.4 Å². The predicted molar refractivity (Wildman–Crippen MR) is 79.5 cm³/mol. The molecular formula is C16H24N2O2. The number of likely N-dealkylation sites (N-methyl/N-ethyl adjacent to an activating group) is 1. The largest absolute Gasteiger partial charge is 0.364 e. The van der Waals surface area contributed by atoms with Crippen LogP contribution >= 0.6 is 0 Å². The Morgan fingerprint density at radius 1 is 1.45 bits per heavy atom. The average molecular weight is 276 g/mol. The molecule has 4 nitrogen and oxygen atoms in total. The molecule has 1 amide bonds. The summed E-state index contributed by atoms with van der Waals surface area (Å²) < 4.78 is 5.70. The zero-order valence-corrected chi connectivity index (χ0v) is 12.3. The predicted octanol–water partition coefficient (Wildman–Crippen LogP) is 1.97. The van der Waals surface area contributed by atoms with E-state index >= 15 is 0 Å². The Bertz CT molecular complexity index is 422. The van der Waals surface area contributed by atoms with E-state index < -0.39 is 6.10 Å². The number of carbonyl (C=O) groups excluding carboxylic acids is 1. The molecule has 0 aromatic heterocycles. The van der Waals surface area contributed by atoms with Gasteiger partial charge in [-0.3, -0.25) is 4.79 Å². The number of nitrogens with one attached hydrogen (secondary N) is 1. The Labute approximate surface area is 121 Å². The minimum Gasteiger partial charge on any atom is -0.364 e. The molecule has 1 aromatic carbocycles. The third kappa shape index (κ3) is 3.58. The van der Waals surface area contributed by atoms with E-state index in [0.29, 0.717) is 12.6 Å². The smallest absolute Gasteiger partial charge is 0.256 e. The molecule has 1 heterocycles. The lowest BCUT2D eigenvalue weighted by Gasteiger charge is -2.34. The quantitative estimate of drug-likeness (QED) is 0.894. The van der Waals surface area contributed by atoms with Crippen LogP contribution in [0, 0.1) is 0 Å². The van der Waals surface area contributed by atoms with Crippen LogP contribution in [0.4, 0.5) is 0 Å². The van der Waals surface area contributed by atoms with Gasteiger partial charge in [-0.1, -0.05) is 30.3 Å². The highest BCUT2D eigenvalue weighted by atomic mass is 16.5. The first-order valence-electron chi connectivity index (χ1n) is 7.38. The Kier molecular flexibility index (Phi) is 5.56. The van der Waals surface area contributed by atoms with Crippen molar-refractivity contribution in [3.05, 3.63) is 35.9 Å². The van der Waals surface area contributed by atoms with Gasteiger partial charge < -0.3 is 15.0 Å². The summed E-state index contributed by atoms with van der Waals surface area (Å²) in [6.07, 6.45) is 1.70. The van der Waals surface area contributed by atoms with Crippen molar-refractivity contribution < 1.29 is 9.53 Å². The Hall–Kier alpha value is -1.39. The number of likely N-dealkylation sites (tertiary alicyclic amines) is 1. The highest BCUT2D eigenvalue weighted by Crippen LogP contribution is 2.22. The lowest BCUT2D eigenvalue weighted by Crippen LogP contribution is -2.48. The van der Waals surface area contributed by atoms with Gasteiger partial charge in [0.05, 0.1) is 0 Å². The number of benzene rings is 1. The number of ether oxygens (including phenoxy) is 1. The molecule has 20 heavy (non-hydrogen) atoms. The maximum atomic E-state index is 12.7. The van der Waals surface area contributed by atoms with Crippen LogP contribution in [0.25, 0.3) is 0 Å². The molecule has 2 unspecified atom stereocenters. The van der Waals surface area contributed by atoms with Gasteiger partial charge in [0.1, 0.15) is 0 Å². The summed E-state index contributed by atoms with van der Waals surface area (Å²) in [7, 11) is 1.95. The number of nitrogens with zero attached hydrogens (tertiary/aromatic N) is 1. The molecule has 1 fully saturated rings. The summed E-state index contributed by atoms with van der Waals surface area (Å²) in [6, 6.07) is 10.2. The highest BCUT2D eigenvalue weighted by molar-refractivity contribution is 5.82. The summed E-state index contributed by atoms with van der Waals surface area (Å²) in [5, 5.41) is 3.26. The second-order valence-electron chi connectivity index (χ2n) is 5.16. The van der Waals surface area contributed by atoms with E-state index in [9.17, 15) is 4.79 Å². The Balaban J connectivity index is 2.10. The monoisotopic (exact) mass is 276 g/mol. The fraction of sp³-hybridized carbons (Fsp3) is 0.562. The summed E-state index contributed by atoms with van der Waals surface area (Å²) in [5.41, 5.74) is 0.936. The van der Waals surface area contributed by atoms with Crippen molar-refractivity contribution >= 4 is 5.91 Å². The van der Waals surface area contributed by atoms with Gasteiger partial charge in [0.2, 0.25) is 0 Å². The van der Waals surface area contributed by atoms with Gasteiger partial charge in [-0.25, -0.2) is 0 Å². The molecule has 1 saturated heterocycles. The van der Waals surface area contributed by atoms with Gasteiger partial charge in [-0.2, -0.15) is 0 Å². The van der Waals surface area contributed by atoms with Gasteiger partial charge in [0.25, 0.3) is 5.91 Å². The summed E-state index contributed by atoms with van der Waals surface area (Å²) in [4.78, 5) is 14.7. The second kappa shape index (κ2) is 7.41. The molecule has 0 bridgehead atoms. The number of hydrogen-bond donors (Lipinski definition) is 1. The average Bonchev–Trinajstić information content (AvgIpc) is 2.53. The van der Waals surface area contributed by atoms with Crippen molar-refractivity contribution in [3.8, 4) is 0 Å². The van der Waals surface area contributed by atoms with E-state index in [-0.39, 0.29) is 5.91 Å². The van der Waals surface area contributed by atoms with Crippen molar-refractivity contribution in [2.75, 3.05) is 26.7 Å². The molecule has 4 heteroatoms. The molecule has 1 aliphatic rings. The lowest BCUT2D eigenvalue weighted by molar-refractivity contribution is -0.145. The number of amides is 1. The van der Waals surface area contributed by atoms with Crippen molar-refractivity contribution in [1.82, 2.24) is 10.2 Å². The first kappa shape index (κ1) is 15.0. The molecule has 0 spiro atoms. The van der Waals surface area contributed by atoms with E-state index in [1.165, 1.54) is 0 Å². The highest BCUT2D eigenvalue weighted by Gasteiger charge is 2.29. The van der Waals surface area contributed by atoms with Crippen LogP contribution in [-0.2, 0) is 9.53 Å². The van der Waals surface area contributed by atoms with Crippen LogP contribution < -0.4 is 5.32 Å². The molecule has 0 saturated carbocycles. The topological polar surface area (TPSA) is 41.6 Å². The third-order valence-electron chi connectivity index (χ3n) is 3.80. The number of rotatable bonds is 5. The van der Waals surface area contributed by atoms with Crippen molar-refractivity contribution in [2.24, 2.45) is 0 Å². The molecule has 1 aliphatic heterocycles. The molecule has 1 aromatic rings. The summed E-state index contributed by atoms with van der Waals surface area (Å²) in [6.45, 7) is 4.06. The van der Waals surface area contributed by atoms with Gasteiger partial charge in [-0.05, 0) is 32.4 Å². The fourth-order valence-corrected chi connectivity index (χ4v) is 2.68. The first-order chi connectivity index (χ1) is 9.76. The minimum atomic E-state index is -0.475. The van der Waals surface area contributed by atoms with Crippen LogP contribution in [0.15, 0.2) is 30.3 Å². The maximum absolute atomic E-state index is 12.7. The van der Waals surface area contributed by atoms with Gasteiger partial charge >= 0.3 is 0 Å². The molecule has 1 N–H and O–H groups in total. The molecule has 110 valence electrons. The molecule has 0 radical (unpaired) electrons.